The van der Waals surface area contributed by atoms with Crippen LogP contribution < -0.4 is 0 Å². The zero-order chi connectivity index (χ0) is 15.9. The standard InChI is InChI=1S/C15H15N3O4/c1-16-9-12(14(19)15(20)17-6-2-3-7-17)11-5-4-10(18(21)22)8-13(11)16/h4-5,8-9H,2-3,6-7H2,1H3. The van der Waals surface area contributed by atoms with E-state index in [9.17, 15) is 19.7 Å². The molecule has 0 unspecified atom stereocenters. The lowest BCUT2D eigenvalue weighted by molar-refractivity contribution is -0.384. The molecule has 3 rings (SSSR count). The zero-order valence-electron chi connectivity index (χ0n) is 12.1. The van der Waals surface area contributed by atoms with Gasteiger partial charge in [-0.25, -0.2) is 0 Å². The second kappa shape index (κ2) is 5.25. The topological polar surface area (TPSA) is 85.5 Å². The number of benzene rings is 1. The number of aryl methyl sites for hydroxylation is 1. The SMILES string of the molecule is Cn1cc(C(=O)C(=O)N2CCCC2)c2ccc([N+](=O)[O-])cc21. The van der Waals surface area contributed by atoms with Crippen molar-refractivity contribution in [1.29, 1.82) is 0 Å². The van der Waals surface area contributed by atoms with Crippen LogP contribution in [0.4, 0.5) is 5.69 Å². The lowest BCUT2D eigenvalue weighted by Gasteiger charge is -2.13. The Morgan fingerprint density at radius 1 is 1.23 bits per heavy atom. The number of rotatable bonds is 3. The normalized spacial score (nSPS) is 14.5. The third kappa shape index (κ3) is 2.24. The van der Waals surface area contributed by atoms with Gasteiger partial charge in [0.25, 0.3) is 17.4 Å². The van der Waals surface area contributed by atoms with Gasteiger partial charge in [0, 0.05) is 43.9 Å². The van der Waals surface area contributed by atoms with Crippen LogP contribution >= 0.6 is 0 Å². The van der Waals surface area contributed by atoms with Gasteiger partial charge in [0.1, 0.15) is 0 Å². The molecule has 2 heterocycles. The number of nitro groups is 1. The van der Waals surface area contributed by atoms with Gasteiger partial charge >= 0.3 is 0 Å². The van der Waals surface area contributed by atoms with Crippen LogP contribution in [0.25, 0.3) is 10.9 Å². The zero-order valence-corrected chi connectivity index (χ0v) is 12.1. The predicted octanol–water partition coefficient (Wildman–Crippen LogP) is 1.89. The molecule has 1 amide bonds. The van der Waals surface area contributed by atoms with E-state index in [2.05, 4.69) is 0 Å². The van der Waals surface area contributed by atoms with Crippen molar-refractivity contribution in [3.63, 3.8) is 0 Å². The minimum atomic E-state index is -0.554. The van der Waals surface area contributed by atoms with Crippen molar-refractivity contribution in [3.8, 4) is 0 Å². The minimum absolute atomic E-state index is 0.0430. The second-order valence-corrected chi connectivity index (χ2v) is 5.44. The number of fused-ring (bicyclic) bond motifs is 1. The van der Waals surface area contributed by atoms with Crippen LogP contribution in [0.2, 0.25) is 0 Å². The maximum Gasteiger partial charge on any atom is 0.295 e. The molecule has 114 valence electrons. The molecular formula is C15H15N3O4. The number of amides is 1. The molecule has 0 N–H and O–H groups in total. The maximum absolute atomic E-state index is 12.4. The number of likely N-dealkylation sites (tertiary alicyclic amines) is 1. The van der Waals surface area contributed by atoms with Crippen molar-refractivity contribution >= 4 is 28.3 Å². The van der Waals surface area contributed by atoms with Gasteiger partial charge in [0.2, 0.25) is 0 Å². The molecule has 0 bridgehead atoms. The average Bonchev–Trinajstić information content (AvgIpc) is 3.14. The molecule has 22 heavy (non-hydrogen) atoms. The fourth-order valence-electron chi connectivity index (χ4n) is 2.85. The van der Waals surface area contributed by atoms with E-state index < -0.39 is 16.6 Å². The molecule has 7 heteroatoms. The van der Waals surface area contributed by atoms with E-state index in [4.69, 9.17) is 0 Å². The van der Waals surface area contributed by atoms with Crippen molar-refractivity contribution in [2.75, 3.05) is 13.1 Å². The highest BCUT2D eigenvalue weighted by molar-refractivity contribution is 6.44. The fraction of sp³-hybridized carbons (Fsp3) is 0.333. The summed E-state index contributed by atoms with van der Waals surface area (Å²) in [5.41, 5.74) is 0.814. The average molecular weight is 301 g/mol. The summed E-state index contributed by atoms with van der Waals surface area (Å²) < 4.78 is 1.63. The third-order valence-electron chi connectivity index (χ3n) is 4.02. The molecule has 1 aliphatic heterocycles. The van der Waals surface area contributed by atoms with Crippen molar-refractivity contribution in [1.82, 2.24) is 9.47 Å². The van der Waals surface area contributed by atoms with Crippen LogP contribution in [0, 0.1) is 10.1 Å². The van der Waals surface area contributed by atoms with Gasteiger partial charge in [-0.1, -0.05) is 0 Å². The van der Waals surface area contributed by atoms with Crippen molar-refractivity contribution in [3.05, 3.63) is 40.1 Å². The molecule has 1 fully saturated rings. The van der Waals surface area contributed by atoms with Gasteiger partial charge in [-0.15, -0.1) is 0 Å². The number of carbonyl (C=O) groups is 2. The predicted molar refractivity (Wildman–Crippen MR) is 79.7 cm³/mol. The Bertz CT molecular complexity index is 787. The van der Waals surface area contributed by atoms with E-state index in [0.29, 0.717) is 29.6 Å². The van der Waals surface area contributed by atoms with Gasteiger partial charge in [0.05, 0.1) is 16.0 Å². The van der Waals surface area contributed by atoms with Gasteiger partial charge < -0.3 is 9.47 Å². The first-order chi connectivity index (χ1) is 10.5. The Labute approximate surface area is 126 Å². The number of hydrogen-bond donors (Lipinski definition) is 0. The molecule has 2 aromatic rings. The molecule has 1 aliphatic rings. The summed E-state index contributed by atoms with van der Waals surface area (Å²) in [4.78, 5) is 36.6. The first-order valence-electron chi connectivity index (χ1n) is 7.06. The maximum atomic E-state index is 12.4. The Balaban J connectivity index is 2.02. The minimum Gasteiger partial charge on any atom is -0.350 e. The third-order valence-corrected chi connectivity index (χ3v) is 4.02. The number of nitrogens with zero attached hydrogens (tertiary/aromatic N) is 3. The highest BCUT2D eigenvalue weighted by Gasteiger charge is 2.28. The van der Waals surface area contributed by atoms with Crippen molar-refractivity contribution < 1.29 is 14.5 Å². The van der Waals surface area contributed by atoms with Crippen LogP contribution in [0.15, 0.2) is 24.4 Å². The highest BCUT2D eigenvalue weighted by Crippen LogP contribution is 2.26. The number of nitro benzene ring substituents is 1. The highest BCUT2D eigenvalue weighted by atomic mass is 16.6. The monoisotopic (exact) mass is 301 g/mol. The van der Waals surface area contributed by atoms with Crippen molar-refractivity contribution in [2.45, 2.75) is 12.8 Å². The van der Waals surface area contributed by atoms with Gasteiger partial charge in [0.15, 0.2) is 0 Å². The quantitative estimate of drug-likeness (QED) is 0.375. The van der Waals surface area contributed by atoms with E-state index >= 15 is 0 Å². The molecule has 7 nitrogen and oxygen atoms in total. The number of Topliss-reactive ketones (excluding diaryl/α,β-unsaturated/α-hetero) is 1. The summed E-state index contributed by atoms with van der Waals surface area (Å²) in [5.74, 6) is -1.05. The molecule has 0 aliphatic carbocycles. The van der Waals surface area contributed by atoms with Crippen LogP contribution in [-0.2, 0) is 11.8 Å². The van der Waals surface area contributed by atoms with E-state index in [0.717, 1.165) is 12.8 Å². The first kappa shape index (κ1) is 14.2. The summed E-state index contributed by atoms with van der Waals surface area (Å²) in [6.07, 6.45) is 3.40. The number of aromatic nitrogens is 1. The summed E-state index contributed by atoms with van der Waals surface area (Å²) in [7, 11) is 1.70. The molecule has 0 radical (unpaired) electrons. The Morgan fingerprint density at radius 3 is 2.55 bits per heavy atom. The molecule has 0 atom stereocenters. The summed E-state index contributed by atoms with van der Waals surface area (Å²) in [6, 6.07) is 4.28. The van der Waals surface area contributed by atoms with Gasteiger partial charge in [-0.3, -0.25) is 19.7 Å². The number of ketones is 1. The largest absolute Gasteiger partial charge is 0.350 e. The number of hydrogen-bond acceptors (Lipinski definition) is 4. The Hall–Kier alpha value is -2.70. The van der Waals surface area contributed by atoms with Crippen LogP contribution in [-0.4, -0.2) is 39.2 Å². The van der Waals surface area contributed by atoms with E-state index in [1.165, 1.54) is 18.2 Å². The first-order valence-corrected chi connectivity index (χ1v) is 7.06. The van der Waals surface area contributed by atoms with Gasteiger partial charge in [-0.05, 0) is 18.9 Å². The van der Waals surface area contributed by atoms with Crippen LogP contribution in [0.5, 0.6) is 0 Å². The van der Waals surface area contributed by atoms with E-state index in [1.54, 1.807) is 22.7 Å². The second-order valence-electron chi connectivity index (χ2n) is 5.44. The fourth-order valence-corrected chi connectivity index (χ4v) is 2.85. The summed E-state index contributed by atoms with van der Waals surface area (Å²) in [5, 5.41) is 11.4. The Morgan fingerprint density at radius 2 is 1.91 bits per heavy atom. The summed E-state index contributed by atoms with van der Waals surface area (Å²) >= 11 is 0. The lowest BCUT2D eigenvalue weighted by atomic mass is 10.1. The molecule has 0 spiro atoms. The van der Waals surface area contributed by atoms with E-state index in [-0.39, 0.29) is 5.69 Å². The molecule has 1 saturated heterocycles. The molecule has 1 aromatic heterocycles. The summed E-state index contributed by atoms with van der Waals surface area (Å²) in [6.45, 7) is 1.22. The van der Waals surface area contributed by atoms with Gasteiger partial charge in [-0.2, -0.15) is 0 Å². The Kier molecular flexibility index (Phi) is 3.40. The van der Waals surface area contributed by atoms with Crippen molar-refractivity contribution in [2.24, 2.45) is 7.05 Å². The van der Waals surface area contributed by atoms with Crippen LogP contribution in [0.1, 0.15) is 23.2 Å². The number of non-ortho nitro benzene ring substituents is 1. The van der Waals surface area contributed by atoms with Crippen LogP contribution in [0.3, 0.4) is 0 Å². The van der Waals surface area contributed by atoms with E-state index in [1.807, 2.05) is 0 Å². The molecular weight excluding hydrogens is 286 g/mol. The lowest BCUT2D eigenvalue weighted by Crippen LogP contribution is -2.34. The molecule has 1 aromatic carbocycles. The smallest absolute Gasteiger partial charge is 0.295 e. The molecule has 0 saturated carbocycles. The number of carbonyl (C=O) groups excluding carboxylic acids is 2.